The van der Waals surface area contributed by atoms with Gasteiger partial charge in [-0.05, 0) is 179 Å². The van der Waals surface area contributed by atoms with Gasteiger partial charge in [-0.25, -0.2) is 14.4 Å². The zero-order chi connectivity index (χ0) is 76.5. The number of carbonyl (C=O) groups is 3. The summed E-state index contributed by atoms with van der Waals surface area (Å²) in [6, 6.07) is 96.9. The van der Waals surface area contributed by atoms with Crippen LogP contribution in [0.5, 0.6) is 0 Å². The van der Waals surface area contributed by atoms with Gasteiger partial charge in [-0.2, -0.15) is 76.3 Å². The summed E-state index contributed by atoms with van der Waals surface area (Å²) >= 11 is 0. The highest BCUT2D eigenvalue weighted by Gasteiger charge is 2.44. The second-order valence-corrected chi connectivity index (χ2v) is 26.1. The Hall–Kier alpha value is -14.9. The molecular weight excluding hydrogens is 1390 g/mol. The first-order valence-electron chi connectivity index (χ1n) is 35.4. The van der Waals surface area contributed by atoms with Gasteiger partial charge >= 0.3 is 17.9 Å². The predicted octanol–water partition coefficient (Wildman–Crippen LogP) is 22.5. The lowest BCUT2D eigenvalue weighted by molar-refractivity contribution is -0.143. The van der Waals surface area contributed by atoms with E-state index in [1.165, 1.54) is 0 Å². The van der Waals surface area contributed by atoms with Crippen LogP contribution in [0, 0.1) is 0 Å². The van der Waals surface area contributed by atoms with E-state index < -0.39 is 34.5 Å². The average molecular weight is 1470 g/mol. The van der Waals surface area contributed by atoms with Crippen molar-refractivity contribution >= 4 is 104 Å². The highest BCUT2D eigenvalue weighted by molar-refractivity contribution is 5.86. The molecular formula is C87H72N18O6. The molecule has 546 valence electrons. The molecule has 111 heavy (non-hydrogen) atoms. The second-order valence-electron chi connectivity index (χ2n) is 26.1. The van der Waals surface area contributed by atoms with Crippen LogP contribution in [0.2, 0.25) is 0 Å². The number of hydrogen-bond acceptors (Lipinski definition) is 21. The van der Waals surface area contributed by atoms with Gasteiger partial charge in [0.05, 0.1) is 68.2 Å². The second kappa shape index (κ2) is 35.9. The number of hydrogen-bond donors (Lipinski definition) is 6. The lowest BCUT2D eigenvalue weighted by atomic mass is 9.84. The number of anilines is 3. The van der Waals surface area contributed by atoms with Crippen molar-refractivity contribution in [3.8, 4) is 0 Å². The van der Waals surface area contributed by atoms with Gasteiger partial charge in [0.2, 0.25) is 17.8 Å². The van der Waals surface area contributed by atoms with Gasteiger partial charge in [-0.15, -0.1) is 0 Å². The number of carboxylic acids is 3. The van der Waals surface area contributed by atoms with Gasteiger partial charge < -0.3 is 31.3 Å². The van der Waals surface area contributed by atoms with Crippen LogP contribution in [0.3, 0.4) is 0 Å². The summed E-state index contributed by atoms with van der Waals surface area (Å²) in [6.07, 6.45) is -1.38. The zero-order valence-corrected chi connectivity index (χ0v) is 59.7. The molecule has 13 rings (SSSR count). The first-order chi connectivity index (χ1) is 54.2. The van der Waals surface area contributed by atoms with Crippen molar-refractivity contribution in [1.29, 1.82) is 0 Å². The number of aromatic nitrogens is 3. The molecule has 24 heteroatoms. The Kier molecular flexibility index (Phi) is 24.0. The van der Waals surface area contributed by atoms with E-state index in [4.69, 9.17) is 15.0 Å². The number of rotatable bonds is 33. The van der Waals surface area contributed by atoms with Crippen LogP contribution >= 0.6 is 0 Å². The first-order valence-corrected chi connectivity index (χ1v) is 35.4. The fourth-order valence-corrected chi connectivity index (χ4v) is 12.1. The monoisotopic (exact) mass is 1460 g/mol. The van der Waals surface area contributed by atoms with Crippen molar-refractivity contribution < 1.29 is 29.7 Å². The summed E-state index contributed by atoms with van der Waals surface area (Å²) in [5.74, 6) is -5.20. The molecule has 1 aromatic heterocycles. The summed E-state index contributed by atoms with van der Waals surface area (Å²) in [5, 5.41) is 98.9. The van der Waals surface area contributed by atoms with Crippen molar-refractivity contribution in [3.05, 3.63) is 361 Å². The fourth-order valence-electron chi connectivity index (χ4n) is 12.1. The summed E-state index contributed by atoms with van der Waals surface area (Å²) in [5.41, 5.74) is 3.78. The Morgan fingerprint density at radius 1 is 0.207 bits per heavy atom. The van der Waals surface area contributed by atoms with Crippen LogP contribution in [0.25, 0.3) is 0 Å². The normalized spacial score (nSPS) is 13.3. The van der Waals surface area contributed by atoms with E-state index in [0.29, 0.717) is 102 Å². The number of azo groups is 6. The van der Waals surface area contributed by atoms with E-state index in [2.05, 4.69) is 77.3 Å². The molecule has 0 aliphatic rings. The summed E-state index contributed by atoms with van der Waals surface area (Å²) in [7, 11) is 0. The van der Waals surface area contributed by atoms with Crippen LogP contribution in [0.4, 0.5) is 86.1 Å². The Labute approximate surface area is 638 Å². The summed E-state index contributed by atoms with van der Waals surface area (Å²) in [4.78, 5) is 59.3. The quantitative estimate of drug-likeness (QED) is 0.0209. The third-order valence-electron chi connectivity index (χ3n) is 17.8. The molecule has 0 radical (unpaired) electrons. The SMILES string of the molecule is O=C(O)C(Cc1ccc(N=Nc2ccccc2)cc1)(Cc1ccc(N=Nc2ccccc2)cc1)Nc1nc(NC(Cc2ccc(N=Nc3ccccc3)cc2)(Cc2ccc(N=Nc3ccccc3)cc2)C(=O)O)nc(NC(Cc2ccc(N=Nc3ccccc3)cc2)(Cc2ccc(N=Nc3ccccc3)cc2)C(=O)O)n1. The van der Waals surface area contributed by atoms with Gasteiger partial charge in [-0.1, -0.05) is 182 Å². The third-order valence-corrected chi connectivity index (χ3v) is 17.8. The molecule has 0 fully saturated rings. The Morgan fingerprint density at radius 3 is 0.459 bits per heavy atom. The molecule has 0 spiro atoms. The van der Waals surface area contributed by atoms with Crippen molar-refractivity contribution in [3.63, 3.8) is 0 Å². The number of nitrogens with one attached hydrogen (secondary N) is 3. The minimum atomic E-state index is -2.07. The average Bonchev–Trinajstić information content (AvgIpc) is 0.788. The van der Waals surface area contributed by atoms with Gasteiger partial charge in [-0.3, -0.25) is 0 Å². The molecule has 0 saturated heterocycles. The van der Waals surface area contributed by atoms with E-state index >= 15 is 0 Å². The maximum atomic E-state index is 14.8. The van der Waals surface area contributed by atoms with Crippen LogP contribution in [0.15, 0.2) is 389 Å². The van der Waals surface area contributed by atoms with Crippen LogP contribution < -0.4 is 16.0 Å². The van der Waals surface area contributed by atoms with Crippen molar-refractivity contribution in [2.24, 2.45) is 61.4 Å². The van der Waals surface area contributed by atoms with Crippen LogP contribution in [-0.4, -0.2) is 64.8 Å². The van der Waals surface area contributed by atoms with E-state index in [9.17, 15) is 29.7 Å². The largest absolute Gasteiger partial charge is 0.479 e. The van der Waals surface area contributed by atoms with Gasteiger partial charge in [0.25, 0.3) is 0 Å². The fraction of sp³-hybridized carbons (Fsp3) is 0.103. The molecule has 24 nitrogen and oxygen atoms in total. The molecule has 12 aromatic carbocycles. The molecule has 1 heterocycles. The van der Waals surface area contributed by atoms with Crippen LogP contribution in [0.1, 0.15) is 33.4 Å². The first kappa shape index (κ1) is 74.3. The van der Waals surface area contributed by atoms with E-state index in [-0.39, 0.29) is 56.4 Å². The van der Waals surface area contributed by atoms with Crippen molar-refractivity contribution in [2.75, 3.05) is 16.0 Å². The Balaban J connectivity index is 0.942. The summed E-state index contributed by atoms with van der Waals surface area (Å²) < 4.78 is 0. The number of aliphatic carboxylic acids is 3. The van der Waals surface area contributed by atoms with E-state index in [1.54, 1.807) is 146 Å². The van der Waals surface area contributed by atoms with Gasteiger partial charge in [0.1, 0.15) is 16.6 Å². The molecule has 0 bridgehead atoms. The van der Waals surface area contributed by atoms with Gasteiger partial charge in [0.15, 0.2) is 0 Å². The molecule has 0 aliphatic carbocycles. The summed E-state index contributed by atoms with van der Waals surface area (Å²) in [6.45, 7) is 0. The lowest BCUT2D eigenvalue weighted by Gasteiger charge is -2.34. The zero-order valence-electron chi connectivity index (χ0n) is 59.7. The smallest absolute Gasteiger partial charge is 0.330 e. The number of carboxylic acid groups (broad SMARTS) is 3. The highest BCUT2D eigenvalue weighted by Crippen LogP contribution is 2.35. The predicted molar refractivity (Wildman–Crippen MR) is 426 cm³/mol. The Morgan fingerprint density at radius 2 is 0.333 bits per heavy atom. The molecule has 0 atom stereocenters. The molecule has 0 amide bonds. The Bertz CT molecular complexity index is 4600. The molecule has 0 aliphatic heterocycles. The van der Waals surface area contributed by atoms with E-state index in [0.717, 1.165) is 0 Å². The van der Waals surface area contributed by atoms with Crippen molar-refractivity contribution in [1.82, 2.24) is 15.0 Å². The minimum absolute atomic E-state index is 0.229. The highest BCUT2D eigenvalue weighted by atomic mass is 16.4. The topological polar surface area (TPSA) is 335 Å². The number of benzene rings is 12. The standard InChI is InChI=1S/C87H72N18O6/c106-79(107)85(55-61-31-43-73(44-32-61)100-94-67-19-7-1-8-20-67,56-62-33-45-74(46-34-62)101-95-68-21-9-2-10-22-68)91-82-88-83(92-86(80(108)109,57-63-35-47-75(48-36-63)102-96-69-23-11-3-12-24-69)58-64-37-49-76(50-38-64)103-97-70-25-13-4-14-26-70)90-84(89-82)93-87(81(110)111,59-65-39-51-77(52-40-65)104-98-71-27-15-5-16-28-71)60-66-41-53-78(54-42-66)105-99-72-29-17-6-18-30-72/h1-54H,55-60H2,(H,106,107)(H,108,109)(H,110,111)(H3,88,89,90,91,92,93). The maximum Gasteiger partial charge on any atom is 0.330 e. The minimum Gasteiger partial charge on any atom is -0.479 e. The molecule has 0 saturated carbocycles. The van der Waals surface area contributed by atoms with Crippen LogP contribution in [-0.2, 0) is 52.9 Å². The van der Waals surface area contributed by atoms with E-state index in [1.807, 2.05) is 182 Å². The maximum absolute atomic E-state index is 14.8. The third kappa shape index (κ3) is 21.0. The molecule has 13 aromatic rings. The van der Waals surface area contributed by atoms with Crippen molar-refractivity contribution in [2.45, 2.75) is 55.1 Å². The molecule has 0 unspecified atom stereocenters. The molecule has 6 N–H and O–H groups in total. The lowest BCUT2D eigenvalue weighted by Crippen LogP contribution is -2.52. The number of nitrogens with zero attached hydrogens (tertiary/aromatic N) is 15. The van der Waals surface area contributed by atoms with Gasteiger partial charge in [0, 0.05) is 38.5 Å².